The predicted molar refractivity (Wildman–Crippen MR) is 78.2 cm³/mol. The van der Waals surface area contributed by atoms with E-state index in [9.17, 15) is 8.42 Å². The molecule has 0 saturated carbocycles. The summed E-state index contributed by atoms with van der Waals surface area (Å²) >= 11 is 5.88. The first-order valence-corrected chi connectivity index (χ1v) is 8.09. The van der Waals surface area contributed by atoms with Gasteiger partial charge < -0.3 is 4.57 Å². The fourth-order valence-electron chi connectivity index (χ4n) is 1.78. The van der Waals surface area contributed by atoms with E-state index in [4.69, 9.17) is 11.6 Å². The first kappa shape index (κ1) is 15.0. The number of benzene rings is 1. The van der Waals surface area contributed by atoms with Crippen molar-refractivity contribution in [1.82, 2.24) is 14.3 Å². The molecule has 0 aliphatic heterocycles. The molecule has 1 atom stereocenters. The zero-order valence-corrected chi connectivity index (χ0v) is 12.8. The third-order valence-electron chi connectivity index (χ3n) is 3.02. The molecule has 0 saturated heterocycles. The molecule has 0 amide bonds. The zero-order chi connectivity index (χ0) is 14.8. The quantitative estimate of drug-likeness (QED) is 0.859. The largest absolute Gasteiger partial charge is 0.337 e. The molecule has 1 heterocycles. The van der Waals surface area contributed by atoms with Gasteiger partial charge in [0.15, 0.2) is 5.03 Å². The Morgan fingerprint density at radius 1 is 1.35 bits per heavy atom. The molecule has 1 aromatic heterocycles. The molecule has 1 unspecified atom stereocenters. The van der Waals surface area contributed by atoms with Gasteiger partial charge >= 0.3 is 0 Å². The zero-order valence-electron chi connectivity index (χ0n) is 11.2. The molecule has 0 spiro atoms. The minimum atomic E-state index is -3.69. The molecule has 0 fully saturated rings. The molecule has 1 aromatic carbocycles. The minimum Gasteiger partial charge on any atom is -0.337 e. The van der Waals surface area contributed by atoms with Crippen LogP contribution in [0.1, 0.15) is 17.4 Å². The van der Waals surface area contributed by atoms with E-state index in [0.717, 1.165) is 5.56 Å². The number of aromatic nitrogens is 2. The summed E-state index contributed by atoms with van der Waals surface area (Å²) in [6.45, 7) is 1.75. The molecule has 0 aliphatic carbocycles. The lowest BCUT2D eigenvalue weighted by molar-refractivity contribution is 0.564. The number of halogens is 1. The van der Waals surface area contributed by atoms with Gasteiger partial charge in [-0.3, -0.25) is 0 Å². The minimum absolute atomic E-state index is 0.00328. The van der Waals surface area contributed by atoms with Gasteiger partial charge in [0.2, 0.25) is 0 Å². The molecule has 108 valence electrons. The number of rotatable bonds is 5. The van der Waals surface area contributed by atoms with Crippen LogP contribution in [0, 0.1) is 6.92 Å². The summed E-state index contributed by atoms with van der Waals surface area (Å²) in [5.74, 6) is 0.780. The van der Waals surface area contributed by atoms with E-state index in [1.54, 1.807) is 18.5 Å². The number of nitrogens with zero attached hydrogens (tertiary/aromatic N) is 2. The Bertz CT molecular complexity index is 663. The molecule has 2 aromatic rings. The summed E-state index contributed by atoms with van der Waals surface area (Å²) < 4.78 is 28.8. The molecule has 2 rings (SSSR count). The summed E-state index contributed by atoms with van der Waals surface area (Å²) in [6, 6.07) is 8.73. The topological polar surface area (TPSA) is 64.0 Å². The van der Waals surface area contributed by atoms with Crippen molar-refractivity contribution in [3.05, 3.63) is 47.9 Å². The Hall–Kier alpha value is -1.37. The monoisotopic (exact) mass is 313 g/mol. The van der Waals surface area contributed by atoms with Crippen molar-refractivity contribution < 1.29 is 8.42 Å². The number of sulfonamides is 1. The smallest absolute Gasteiger partial charge is 0.260 e. The predicted octanol–water partition coefficient (Wildman–Crippen LogP) is 1.99. The van der Waals surface area contributed by atoms with E-state index < -0.39 is 16.1 Å². The van der Waals surface area contributed by atoms with E-state index in [2.05, 4.69) is 9.71 Å². The fraction of sp³-hybridized carbons (Fsp3) is 0.308. The summed E-state index contributed by atoms with van der Waals surface area (Å²) in [5, 5.41) is 0.00328. The van der Waals surface area contributed by atoms with Crippen molar-refractivity contribution in [1.29, 1.82) is 0 Å². The highest BCUT2D eigenvalue weighted by Gasteiger charge is 2.23. The van der Waals surface area contributed by atoms with Crippen molar-refractivity contribution >= 4 is 21.6 Å². The van der Waals surface area contributed by atoms with Crippen molar-refractivity contribution in [2.75, 3.05) is 5.88 Å². The summed E-state index contributed by atoms with van der Waals surface area (Å²) in [4.78, 5) is 4.03. The summed E-state index contributed by atoms with van der Waals surface area (Å²) in [5.41, 5.74) is 0.818. The Balaban J connectivity index is 2.27. The van der Waals surface area contributed by atoms with Crippen molar-refractivity contribution in [2.45, 2.75) is 18.0 Å². The summed E-state index contributed by atoms with van der Waals surface area (Å²) in [7, 11) is -1.94. The van der Waals surface area contributed by atoms with Gasteiger partial charge in [0.05, 0.1) is 6.04 Å². The number of hydrogen-bond acceptors (Lipinski definition) is 3. The molecule has 5 nitrogen and oxygen atoms in total. The van der Waals surface area contributed by atoms with Crippen LogP contribution in [0.2, 0.25) is 0 Å². The van der Waals surface area contributed by atoms with Crippen molar-refractivity contribution in [3.63, 3.8) is 0 Å². The van der Waals surface area contributed by atoms with Crippen LogP contribution in [-0.2, 0) is 17.1 Å². The normalized spacial score (nSPS) is 13.3. The Kier molecular flexibility index (Phi) is 4.47. The summed E-state index contributed by atoms with van der Waals surface area (Å²) in [6.07, 6.45) is 1.48. The van der Waals surface area contributed by atoms with Gasteiger partial charge in [-0.2, -0.15) is 0 Å². The number of imidazole rings is 1. The van der Waals surface area contributed by atoms with Gasteiger partial charge in [-0.1, -0.05) is 30.3 Å². The molecule has 0 aliphatic rings. The van der Waals surface area contributed by atoms with E-state index in [0.29, 0.717) is 5.82 Å². The first-order chi connectivity index (χ1) is 9.44. The second kappa shape index (κ2) is 5.95. The van der Waals surface area contributed by atoms with Crippen LogP contribution in [0.5, 0.6) is 0 Å². The number of alkyl halides is 1. The number of aryl methyl sites for hydroxylation is 2. The standard InChI is InChI=1S/C13H16ClN3O2S/c1-10-15-13(9-17(10)2)20(18,19)16-12(8-14)11-6-4-3-5-7-11/h3-7,9,12,16H,8H2,1-2H3. The van der Waals surface area contributed by atoms with Gasteiger partial charge in [0.25, 0.3) is 10.0 Å². The van der Waals surface area contributed by atoms with Gasteiger partial charge in [-0.15, -0.1) is 11.6 Å². The van der Waals surface area contributed by atoms with Crippen LogP contribution in [0.4, 0.5) is 0 Å². The molecular formula is C13H16ClN3O2S. The third-order valence-corrected chi connectivity index (χ3v) is 4.67. The Labute approximate surface area is 123 Å². The van der Waals surface area contributed by atoms with Crippen molar-refractivity contribution in [2.24, 2.45) is 7.05 Å². The van der Waals surface area contributed by atoms with Gasteiger partial charge in [-0.05, 0) is 12.5 Å². The van der Waals surface area contributed by atoms with Crippen LogP contribution in [0.3, 0.4) is 0 Å². The molecular weight excluding hydrogens is 298 g/mol. The highest BCUT2D eigenvalue weighted by Crippen LogP contribution is 2.18. The lowest BCUT2D eigenvalue weighted by Gasteiger charge is -2.15. The van der Waals surface area contributed by atoms with Crippen LogP contribution in [0.25, 0.3) is 0 Å². The van der Waals surface area contributed by atoms with E-state index >= 15 is 0 Å². The lowest BCUT2D eigenvalue weighted by atomic mass is 10.1. The molecule has 0 radical (unpaired) electrons. The van der Waals surface area contributed by atoms with Crippen LogP contribution < -0.4 is 4.72 Å². The molecule has 7 heteroatoms. The Morgan fingerprint density at radius 2 is 2.00 bits per heavy atom. The maximum Gasteiger partial charge on any atom is 0.260 e. The first-order valence-electron chi connectivity index (χ1n) is 6.07. The second-order valence-electron chi connectivity index (χ2n) is 4.48. The molecule has 1 N–H and O–H groups in total. The maximum atomic E-state index is 12.3. The number of nitrogens with one attached hydrogen (secondary N) is 1. The molecule has 0 bridgehead atoms. The second-order valence-corrected chi connectivity index (χ2v) is 6.45. The van der Waals surface area contributed by atoms with Crippen LogP contribution in [-0.4, -0.2) is 23.8 Å². The van der Waals surface area contributed by atoms with Crippen LogP contribution >= 0.6 is 11.6 Å². The molecule has 20 heavy (non-hydrogen) atoms. The van der Waals surface area contributed by atoms with E-state index in [-0.39, 0.29) is 10.9 Å². The number of hydrogen-bond donors (Lipinski definition) is 1. The van der Waals surface area contributed by atoms with Gasteiger partial charge in [0.1, 0.15) is 5.82 Å². The highest BCUT2D eigenvalue weighted by atomic mass is 35.5. The van der Waals surface area contributed by atoms with Crippen LogP contribution in [0.15, 0.2) is 41.6 Å². The van der Waals surface area contributed by atoms with E-state index in [1.165, 1.54) is 6.20 Å². The third kappa shape index (κ3) is 3.20. The van der Waals surface area contributed by atoms with Gasteiger partial charge in [0, 0.05) is 19.1 Å². The highest BCUT2D eigenvalue weighted by molar-refractivity contribution is 7.89. The maximum absolute atomic E-state index is 12.3. The Morgan fingerprint density at radius 3 is 2.50 bits per heavy atom. The van der Waals surface area contributed by atoms with E-state index in [1.807, 2.05) is 30.3 Å². The average molecular weight is 314 g/mol. The van der Waals surface area contributed by atoms with Gasteiger partial charge in [-0.25, -0.2) is 18.1 Å². The fourth-order valence-corrected chi connectivity index (χ4v) is 3.39. The lowest BCUT2D eigenvalue weighted by Crippen LogP contribution is -2.30. The SMILES string of the molecule is Cc1nc(S(=O)(=O)NC(CCl)c2ccccc2)cn1C. The average Bonchev–Trinajstić information content (AvgIpc) is 2.78. The van der Waals surface area contributed by atoms with Crippen molar-refractivity contribution in [3.8, 4) is 0 Å².